The molecule has 1 heterocycles. The second kappa shape index (κ2) is 9.64. The predicted octanol–water partition coefficient (Wildman–Crippen LogP) is 6.75. The molecular weight excluding hydrogens is 378 g/mol. The van der Waals surface area contributed by atoms with Gasteiger partial charge in [-0.15, -0.1) is 0 Å². The van der Waals surface area contributed by atoms with Gasteiger partial charge >= 0.3 is 0 Å². The molecule has 2 N–H and O–H groups in total. The molecule has 3 nitrogen and oxygen atoms in total. The van der Waals surface area contributed by atoms with Crippen LogP contribution in [0.2, 0.25) is 0 Å². The van der Waals surface area contributed by atoms with Crippen molar-refractivity contribution in [3.8, 4) is 0 Å². The molecule has 0 fully saturated rings. The molecular formula is C28H37N3. The van der Waals surface area contributed by atoms with E-state index in [-0.39, 0.29) is 5.41 Å². The first-order chi connectivity index (χ1) is 14.7. The Hall–Kier alpha value is -2.68. The Labute approximate surface area is 187 Å². The van der Waals surface area contributed by atoms with Gasteiger partial charge < -0.3 is 5.73 Å². The summed E-state index contributed by atoms with van der Waals surface area (Å²) in [6, 6.07) is 4.38. The van der Waals surface area contributed by atoms with Gasteiger partial charge in [0.1, 0.15) is 0 Å². The second-order valence-electron chi connectivity index (χ2n) is 9.78. The summed E-state index contributed by atoms with van der Waals surface area (Å²) in [4.78, 5) is 10.2. The summed E-state index contributed by atoms with van der Waals surface area (Å²) >= 11 is 0. The molecule has 0 saturated carbocycles. The van der Waals surface area contributed by atoms with Crippen molar-refractivity contribution in [3.63, 3.8) is 0 Å². The number of hydrogen-bond donors (Lipinski definition) is 1. The van der Waals surface area contributed by atoms with Gasteiger partial charge in [-0.2, -0.15) is 0 Å². The molecule has 1 aromatic heterocycles. The largest absolute Gasteiger partial charge is 0.405 e. The Morgan fingerprint density at radius 1 is 1.16 bits per heavy atom. The number of benzene rings is 1. The normalized spacial score (nSPS) is 15.2. The summed E-state index contributed by atoms with van der Waals surface area (Å²) in [6.07, 6.45) is 13.8. The average molecular weight is 416 g/mol. The van der Waals surface area contributed by atoms with E-state index >= 15 is 0 Å². The van der Waals surface area contributed by atoms with E-state index in [9.17, 15) is 0 Å². The van der Waals surface area contributed by atoms with Gasteiger partial charge in [0.15, 0.2) is 0 Å². The third kappa shape index (κ3) is 5.33. The Bertz CT molecular complexity index is 1060. The van der Waals surface area contributed by atoms with Crippen molar-refractivity contribution >= 4 is 16.6 Å². The van der Waals surface area contributed by atoms with E-state index in [1.807, 2.05) is 18.2 Å². The fourth-order valence-corrected chi connectivity index (χ4v) is 4.67. The molecule has 0 bridgehead atoms. The lowest BCUT2D eigenvalue weighted by Gasteiger charge is -2.24. The third-order valence-electron chi connectivity index (χ3n) is 5.90. The summed E-state index contributed by atoms with van der Waals surface area (Å²) < 4.78 is 0. The summed E-state index contributed by atoms with van der Waals surface area (Å²) in [5.41, 5.74) is 15.2. The maximum absolute atomic E-state index is 5.56. The first-order valence-electron chi connectivity index (χ1n) is 11.5. The van der Waals surface area contributed by atoms with Gasteiger partial charge in [-0.1, -0.05) is 46.4 Å². The Morgan fingerprint density at radius 3 is 2.52 bits per heavy atom. The van der Waals surface area contributed by atoms with Crippen molar-refractivity contribution in [2.24, 2.45) is 16.1 Å². The van der Waals surface area contributed by atoms with E-state index in [1.54, 1.807) is 0 Å². The molecule has 3 rings (SSSR count). The highest BCUT2D eigenvalue weighted by atomic mass is 14.8. The number of aliphatic imine (C=N–C) groups is 1. The summed E-state index contributed by atoms with van der Waals surface area (Å²) in [7, 11) is 0. The number of rotatable bonds is 6. The molecule has 31 heavy (non-hydrogen) atoms. The van der Waals surface area contributed by atoms with E-state index in [2.05, 4.69) is 53.3 Å². The maximum atomic E-state index is 5.56. The first kappa shape index (κ1) is 23.0. The lowest BCUT2D eigenvalue weighted by Crippen LogP contribution is -2.15. The number of allylic oxidation sites excluding steroid dienone is 4. The Morgan fingerprint density at radius 2 is 1.87 bits per heavy atom. The van der Waals surface area contributed by atoms with E-state index in [0.29, 0.717) is 0 Å². The standard InChI is InChI=1S/C28H37N3/c1-7-21-19(2)15-16-24-26(21)22-12-8-9-13-23(22)27(31-24)25(14-10-11-17-29)30-20(3)18-28(4,5)6/h10-11,14-17H,3,7-9,12-13,18,29H2,1-2,4-6H3/b14-10-,17-11+,30-25+. The number of pyridine rings is 1. The monoisotopic (exact) mass is 415 g/mol. The summed E-state index contributed by atoms with van der Waals surface area (Å²) in [6.45, 7) is 15.4. The van der Waals surface area contributed by atoms with Gasteiger partial charge in [-0.25, -0.2) is 4.98 Å². The Kier molecular flexibility index (Phi) is 7.15. The van der Waals surface area contributed by atoms with Gasteiger partial charge in [0.05, 0.1) is 16.9 Å². The summed E-state index contributed by atoms with van der Waals surface area (Å²) in [5, 5.41) is 1.37. The minimum absolute atomic E-state index is 0.135. The van der Waals surface area contributed by atoms with Crippen LogP contribution in [-0.4, -0.2) is 10.7 Å². The minimum Gasteiger partial charge on any atom is -0.405 e. The molecule has 1 aliphatic carbocycles. The van der Waals surface area contributed by atoms with Crippen LogP contribution >= 0.6 is 0 Å². The van der Waals surface area contributed by atoms with Gasteiger partial charge in [0.2, 0.25) is 0 Å². The van der Waals surface area contributed by atoms with E-state index in [1.165, 1.54) is 46.7 Å². The quantitative estimate of drug-likeness (QED) is 0.419. The number of nitrogens with zero attached hydrogens (tertiary/aromatic N) is 2. The van der Waals surface area contributed by atoms with Crippen molar-refractivity contribution in [1.29, 1.82) is 0 Å². The lowest BCUT2D eigenvalue weighted by molar-refractivity contribution is 0.409. The molecule has 0 unspecified atom stereocenters. The van der Waals surface area contributed by atoms with Gasteiger partial charge in [0, 0.05) is 11.1 Å². The molecule has 164 valence electrons. The number of aryl methyl sites for hydroxylation is 3. The van der Waals surface area contributed by atoms with E-state index < -0.39 is 0 Å². The highest BCUT2D eigenvalue weighted by Gasteiger charge is 2.23. The average Bonchev–Trinajstić information content (AvgIpc) is 2.71. The Balaban J connectivity index is 2.26. The molecule has 0 aliphatic heterocycles. The van der Waals surface area contributed by atoms with Crippen LogP contribution in [0.25, 0.3) is 10.9 Å². The van der Waals surface area contributed by atoms with Crippen LogP contribution < -0.4 is 5.73 Å². The van der Waals surface area contributed by atoms with E-state index in [0.717, 1.165) is 48.3 Å². The smallest absolute Gasteiger partial charge is 0.0928 e. The number of nitrogens with two attached hydrogens (primary N) is 1. The molecule has 3 heteroatoms. The van der Waals surface area contributed by atoms with Gasteiger partial charge in [-0.05, 0) is 97.5 Å². The van der Waals surface area contributed by atoms with Crippen LogP contribution in [0.15, 0.2) is 53.8 Å². The number of hydrogen-bond acceptors (Lipinski definition) is 3. The van der Waals surface area contributed by atoms with Gasteiger partial charge in [0.25, 0.3) is 0 Å². The van der Waals surface area contributed by atoms with E-state index in [4.69, 9.17) is 15.7 Å². The van der Waals surface area contributed by atoms with Crippen molar-refractivity contribution in [2.75, 3.05) is 0 Å². The van der Waals surface area contributed by atoms with Crippen molar-refractivity contribution in [2.45, 2.75) is 73.1 Å². The number of fused-ring (bicyclic) bond motifs is 3. The number of aromatic nitrogens is 1. The third-order valence-corrected chi connectivity index (χ3v) is 5.90. The zero-order valence-corrected chi connectivity index (χ0v) is 19.9. The van der Waals surface area contributed by atoms with Crippen molar-refractivity contribution < 1.29 is 0 Å². The highest BCUT2D eigenvalue weighted by molar-refractivity contribution is 6.10. The maximum Gasteiger partial charge on any atom is 0.0928 e. The van der Waals surface area contributed by atoms with Crippen LogP contribution in [0.1, 0.15) is 74.9 Å². The topological polar surface area (TPSA) is 51.3 Å². The summed E-state index contributed by atoms with van der Waals surface area (Å²) in [5.74, 6) is 0. The zero-order chi connectivity index (χ0) is 22.6. The highest BCUT2D eigenvalue weighted by Crippen LogP contribution is 2.34. The van der Waals surface area contributed by atoms with Crippen molar-refractivity contribution in [3.05, 3.63) is 76.8 Å². The SMILES string of the molecule is C=C(CC(C)(C)C)\N=C(/C=C\C=C\N)c1nc2ccc(C)c(CC)c2c2c1CCCC2. The van der Waals surface area contributed by atoms with Crippen LogP contribution in [0.3, 0.4) is 0 Å². The van der Waals surface area contributed by atoms with Gasteiger partial charge in [-0.3, -0.25) is 4.99 Å². The molecule has 1 aliphatic rings. The zero-order valence-electron chi connectivity index (χ0n) is 19.9. The molecule has 0 amide bonds. The van der Waals surface area contributed by atoms with Crippen LogP contribution in [0.5, 0.6) is 0 Å². The second-order valence-corrected chi connectivity index (χ2v) is 9.78. The van der Waals surface area contributed by atoms with Crippen molar-refractivity contribution in [1.82, 2.24) is 4.98 Å². The van der Waals surface area contributed by atoms with Crippen LogP contribution in [0.4, 0.5) is 0 Å². The molecule has 0 saturated heterocycles. The fraction of sp³-hybridized carbons (Fsp3) is 0.429. The predicted molar refractivity (Wildman–Crippen MR) is 135 cm³/mol. The first-order valence-corrected chi connectivity index (χ1v) is 11.5. The molecule has 1 aromatic carbocycles. The minimum atomic E-state index is 0.135. The molecule has 0 radical (unpaired) electrons. The molecule has 0 atom stereocenters. The van der Waals surface area contributed by atoms with Crippen LogP contribution in [0, 0.1) is 12.3 Å². The fourth-order valence-electron chi connectivity index (χ4n) is 4.67. The lowest BCUT2D eigenvalue weighted by atomic mass is 9.84. The van der Waals surface area contributed by atoms with Crippen LogP contribution in [-0.2, 0) is 19.3 Å². The molecule has 0 spiro atoms. The molecule has 2 aromatic rings.